The molecule has 1 aromatic carbocycles. The number of carboxylic acid groups (broad SMARTS) is 1. The summed E-state index contributed by atoms with van der Waals surface area (Å²) in [4.78, 5) is 21.7. The predicted molar refractivity (Wildman–Crippen MR) is 106 cm³/mol. The first kappa shape index (κ1) is 24.7. The maximum Gasteiger partial charge on any atom is 0.305 e. The first-order valence-corrected chi connectivity index (χ1v) is 9.67. The highest BCUT2D eigenvalue weighted by atomic mass is 16.6. The predicted octanol–water partition coefficient (Wildman–Crippen LogP) is 1.89. The minimum atomic E-state index is -0.857. The molecule has 0 aliphatic rings. The molecule has 1 aromatic rings. The third-order valence-electron chi connectivity index (χ3n) is 3.63. The van der Waals surface area contributed by atoms with Crippen LogP contribution in [0, 0.1) is 0 Å². The van der Waals surface area contributed by atoms with Crippen LogP contribution in [-0.4, -0.2) is 69.9 Å². The molecule has 29 heavy (non-hydrogen) atoms. The van der Waals surface area contributed by atoms with Crippen molar-refractivity contribution < 1.29 is 38.4 Å². The zero-order valence-electron chi connectivity index (χ0n) is 16.7. The van der Waals surface area contributed by atoms with Gasteiger partial charge in [-0.2, -0.15) is 0 Å². The maximum atomic E-state index is 11.4. The number of benzene rings is 1. The molecule has 0 aliphatic carbocycles. The third-order valence-corrected chi connectivity index (χ3v) is 3.63. The Morgan fingerprint density at radius 3 is 1.86 bits per heavy atom. The highest BCUT2D eigenvalue weighted by Crippen LogP contribution is 2.12. The van der Waals surface area contributed by atoms with E-state index < -0.39 is 5.97 Å². The lowest BCUT2D eigenvalue weighted by molar-refractivity contribution is -0.146. The standard InChI is InChI=1S/C20H31NO8/c21-17-5-7-18(8-6-17)28-15-13-26-11-9-25-10-12-27-14-16-29-20(24)4-2-1-3-19(22)23/h5-8H,1-4,9-16,21H2,(H,22,23). The van der Waals surface area contributed by atoms with Gasteiger partial charge in [-0.15, -0.1) is 0 Å². The second-order valence-corrected chi connectivity index (χ2v) is 6.08. The summed E-state index contributed by atoms with van der Waals surface area (Å²) in [5.74, 6) is -0.447. The van der Waals surface area contributed by atoms with Gasteiger partial charge in [0.25, 0.3) is 0 Å². The number of esters is 1. The van der Waals surface area contributed by atoms with Crippen molar-refractivity contribution in [3.05, 3.63) is 24.3 Å². The molecule has 0 bridgehead atoms. The normalized spacial score (nSPS) is 10.6. The Morgan fingerprint density at radius 1 is 0.759 bits per heavy atom. The van der Waals surface area contributed by atoms with Gasteiger partial charge in [-0.25, -0.2) is 0 Å². The molecule has 9 heteroatoms. The van der Waals surface area contributed by atoms with Crippen molar-refractivity contribution in [1.29, 1.82) is 0 Å². The largest absolute Gasteiger partial charge is 0.491 e. The van der Waals surface area contributed by atoms with Crippen LogP contribution < -0.4 is 10.5 Å². The summed E-state index contributed by atoms with van der Waals surface area (Å²) in [6.07, 6.45) is 1.27. The van der Waals surface area contributed by atoms with E-state index in [1.54, 1.807) is 12.1 Å². The van der Waals surface area contributed by atoms with E-state index in [2.05, 4.69) is 0 Å². The van der Waals surface area contributed by atoms with E-state index in [1.165, 1.54) is 0 Å². The molecule has 0 saturated heterocycles. The number of hydrogen-bond donors (Lipinski definition) is 2. The number of ether oxygens (including phenoxy) is 5. The van der Waals surface area contributed by atoms with Gasteiger partial charge in [-0.05, 0) is 37.1 Å². The van der Waals surface area contributed by atoms with Gasteiger partial charge in [-0.1, -0.05) is 0 Å². The summed E-state index contributed by atoms with van der Waals surface area (Å²) in [7, 11) is 0. The smallest absolute Gasteiger partial charge is 0.305 e. The van der Waals surface area contributed by atoms with Crippen LogP contribution >= 0.6 is 0 Å². The summed E-state index contributed by atoms with van der Waals surface area (Å²) in [5, 5.41) is 8.49. The molecule has 164 valence electrons. The number of carbonyl (C=O) groups excluding carboxylic acids is 1. The summed E-state index contributed by atoms with van der Waals surface area (Å²) in [6, 6.07) is 7.17. The number of nitrogen functional groups attached to an aromatic ring is 1. The Labute approximate surface area is 171 Å². The van der Waals surface area contributed by atoms with Crippen LogP contribution in [0.15, 0.2) is 24.3 Å². The van der Waals surface area contributed by atoms with Crippen molar-refractivity contribution in [3.63, 3.8) is 0 Å². The van der Waals surface area contributed by atoms with Gasteiger partial charge in [0.15, 0.2) is 0 Å². The number of anilines is 1. The van der Waals surface area contributed by atoms with E-state index in [9.17, 15) is 9.59 Å². The van der Waals surface area contributed by atoms with Gasteiger partial charge in [-0.3, -0.25) is 9.59 Å². The summed E-state index contributed by atoms with van der Waals surface area (Å²) < 4.78 is 26.5. The SMILES string of the molecule is Nc1ccc(OCCOCCOCCOCCOC(=O)CCCCC(=O)O)cc1. The minimum absolute atomic E-state index is 0.0683. The van der Waals surface area contributed by atoms with Gasteiger partial charge < -0.3 is 34.5 Å². The fraction of sp³-hybridized carbons (Fsp3) is 0.600. The molecule has 0 unspecified atom stereocenters. The number of rotatable bonds is 18. The van der Waals surface area contributed by atoms with E-state index in [1.807, 2.05) is 12.1 Å². The zero-order valence-corrected chi connectivity index (χ0v) is 16.7. The van der Waals surface area contributed by atoms with Crippen LogP contribution in [0.2, 0.25) is 0 Å². The van der Waals surface area contributed by atoms with Crippen LogP contribution in [-0.2, 0) is 28.5 Å². The second kappa shape index (κ2) is 16.6. The molecular weight excluding hydrogens is 382 g/mol. The molecule has 9 nitrogen and oxygen atoms in total. The first-order valence-electron chi connectivity index (χ1n) is 9.67. The molecule has 0 heterocycles. The Hall–Kier alpha value is -2.36. The molecular formula is C20H31NO8. The topological polar surface area (TPSA) is 127 Å². The van der Waals surface area contributed by atoms with Gasteiger partial charge in [0.05, 0.1) is 39.6 Å². The number of nitrogens with two attached hydrogens (primary N) is 1. The van der Waals surface area contributed by atoms with Crippen molar-refractivity contribution >= 4 is 17.6 Å². The van der Waals surface area contributed by atoms with Crippen LogP contribution in [0.3, 0.4) is 0 Å². The van der Waals surface area contributed by atoms with E-state index in [0.717, 1.165) is 5.75 Å². The molecule has 0 aromatic heterocycles. The molecule has 0 fully saturated rings. The monoisotopic (exact) mass is 413 g/mol. The molecule has 0 amide bonds. The van der Waals surface area contributed by atoms with E-state index >= 15 is 0 Å². The first-order chi connectivity index (χ1) is 14.1. The Balaban J connectivity index is 1.78. The van der Waals surface area contributed by atoms with Gasteiger partial charge >= 0.3 is 11.9 Å². The molecule has 0 radical (unpaired) electrons. The lowest BCUT2D eigenvalue weighted by Crippen LogP contribution is -2.14. The summed E-state index contributed by atoms with van der Waals surface area (Å²) in [6.45, 7) is 3.13. The number of hydrogen-bond acceptors (Lipinski definition) is 8. The molecule has 0 spiro atoms. The van der Waals surface area contributed by atoms with Gasteiger partial charge in [0.1, 0.15) is 19.0 Å². The second-order valence-electron chi connectivity index (χ2n) is 6.08. The highest BCUT2D eigenvalue weighted by Gasteiger charge is 2.04. The van der Waals surface area contributed by atoms with Crippen LogP contribution in [0.5, 0.6) is 5.75 Å². The van der Waals surface area contributed by atoms with Crippen LogP contribution in [0.25, 0.3) is 0 Å². The molecule has 1 rings (SSSR count). The van der Waals surface area contributed by atoms with Crippen molar-refractivity contribution in [1.82, 2.24) is 0 Å². The fourth-order valence-corrected chi connectivity index (χ4v) is 2.16. The highest BCUT2D eigenvalue weighted by molar-refractivity contribution is 5.69. The summed E-state index contributed by atoms with van der Waals surface area (Å²) in [5.41, 5.74) is 6.29. The molecule has 3 N–H and O–H groups in total. The van der Waals surface area contributed by atoms with Crippen molar-refractivity contribution in [2.45, 2.75) is 25.7 Å². The zero-order chi connectivity index (χ0) is 21.2. The van der Waals surface area contributed by atoms with Crippen molar-refractivity contribution in [2.75, 3.05) is 58.6 Å². The average Bonchev–Trinajstić information content (AvgIpc) is 2.70. The van der Waals surface area contributed by atoms with Gasteiger partial charge in [0, 0.05) is 18.5 Å². The van der Waals surface area contributed by atoms with E-state index in [0.29, 0.717) is 64.8 Å². The Bertz CT molecular complexity index is 564. The molecule has 0 atom stereocenters. The molecule has 0 saturated carbocycles. The lowest BCUT2D eigenvalue weighted by atomic mass is 10.2. The van der Waals surface area contributed by atoms with Crippen LogP contribution in [0.4, 0.5) is 5.69 Å². The van der Waals surface area contributed by atoms with Crippen molar-refractivity contribution in [2.24, 2.45) is 0 Å². The third kappa shape index (κ3) is 15.3. The molecule has 0 aliphatic heterocycles. The number of aliphatic carboxylic acids is 1. The fourth-order valence-electron chi connectivity index (χ4n) is 2.16. The van der Waals surface area contributed by atoms with E-state index in [4.69, 9.17) is 34.5 Å². The van der Waals surface area contributed by atoms with Crippen molar-refractivity contribution in [3.8, 4) is 5.75 Å². The summed E-state index contributed by atoms with van der Waals surface area (Å²) >= 11 is 0. The number of carboxylic acids is 1. The Morgan fingerprint density at radius 2 is 1.28 bits per heavy atom. The Kier molecular flexibility index (Phi) is 14.1. The maximum absolute atomic E-state index is 11.4. The lowest BCUT2D eigenvalue weighted by Gasteiger charge is -2.08. The average molecular weight is 413 g/mol. The van der Waals surface area contributed by atoms with E-state index in [-0.39, 0.29) is 25.4 Å². The van der Waals surface area contributed by atoms with Gasteiger partial charge in [0.2, 0.25) is 0 Å². The quantitative estimate of drug-likeness (QED) is 0.211. The number of carbonyl (C=O) groups is 2. The van der Waals surface area contributed by atoms with Crippen LogP contribution in [0.1, 0.15) is 25.7 Å². The minimum Gasteiger partial charge on any atom is -0.491 e. The number of unbranched alkanes of at least 4 members (excludes halogenated alkanes) is 1.